The van der Waals surface area contributed by atoms with Gasteiger partial charge in [0, 0.05) is 35.7 Å². The summed E-state index contributed by atoms with van der Waals surface area (Å²) in [6.45, 7) is 1.59. The van der Waals surface area contributed by atoms with Crippen LogP contribution in [-0.4, -0.2) is 28.1 Å². The highest BCUT2D eigenvalue weighted by atomic mass is 35.5. The van der Waals surface area contributed by atoms with Crippen LogP contribution in [0.25, 0.3) is 11.2 Å². The first-order valence-electron chi connectivity index (χ1n) is 8.85. The quantitative estimate of drug-likeness (QED) is 0.598. The van der Waals surface area contributed by atoms with Crippen molar-refractivity contribution in [3.05, 3.63) is 51.9 Å². The zero-order valence-corrected chi connectivity index (χ0v) is 15.8. The number of imidazole rings is 1. The number of ether oxygens (including phenoxy) is 1. The molecule has 7 heteroatoms. The number of halogens is 2. The summed E-state index contributed by atoms with van der Waals surface area (Å²) in [5.41, 5.74) is 2.83. The van der Waals surface area contributed by atoms with Crippen LogP contribution >= 0.6 is 23.2 Å². The Morgan fingerprint density at radius 2 is 2.19 bits per heavy atom. The van der Waals surface area contributed by atoms with E-state index in [1.807, 2.05) is 18.2 Å². The number of benzene rings is 1. The lowest BCUT2D eigenvalue weighted by Crippen LogP contribution is -2.28. The van der Waals surface area contributed by atoms with Gasteiger partial charge in [0.1, 0.15) is 11.6 Å². The lowest BCUT2D eigenvalue weighted by atomic mass is 10.0. The summed E-state index contributed by atoms with van der Waals surface area (Å²) < 4.78 is 5.70. The Balaban J connectivity index is 1.29. The molecule has 3 aromatic rings. The Morgan fingerprint density at radius 3 is 3.08 bits per heavy atom. The summed E-state index contributed by atoms with van der Waals surface area (Å²) in [5.74, 6) is 1.75. The van der Waals surface area contributed by atoms with Crippen molar-refractivity contribution in [2.75, 3.05) is 13.2 Å². The molecule has 1 aliphatic rings. The van der Waals surface area contributed by atoms with Crippen LogP contribution in [0.5, 0.6) is 5.75 Å². The molecule has 3 heterocycles. The number of aryl methyl sites for hydroxylation is 1. The standard InChI is InChI=1S/C19H20Cl2N4O/c20-12-10-13-15(6-9-26-18(13)14(21)11-12)22-7-2-1-5-17-24-16-4-3-8-23-19(16)25-17/h3-4,8,10-11,15,22H,1-2,5-7,9H2,(H,23,24,25)/t15-/m1/s1. The van der Waals surface area contributed by atoms with E-state index in [0.717, 1.165) is 60.5 Å². The van der Waals surface area contributed by atoms with Crippen molar-refractivity contribution in [1.82, 2.24) is 20.3 Å². The number of nitrogens with zero attached hydrogens (tertiary/aromatic N) is 2. The van der Waals surface area contributed by atoms with Gasteiger partial charge in [-0.1, -0.05) is 23.2 Å². The molecule has 0 radical (unpaired) electrons. The molecule has 2 aromatic heterocycles. The van der Waals surface area contributed by atoms with Crippen molar-refractivity contribution >= 4 is 34.4 Å². The molecular formula is C19H20Cl2N4O. The van der Waals surface area contributed by atoms with Crippen LogP contribution < -0.4 is 10.1 Å². The summed E-state index contributed by atoms with van der Waals surface area (Å²) in [4.78, 5) is 12.1. The molecule has 0 bridgehead atoms. The van der Waals surface area contributed by atoms with Crippen LogP contribution in [0.15, 0.2) is 30.5 Å². The van der Waals surface area contributed by atoms with Gasteiger partial charge in [0.25, 0.3) is 0 Å². The van der Waals surface area contributed by atoms with E-state index in [1.165, 1.54) is 0 Å². The van der Waals surface area contributed by atoms with Gasteiger partial charge in [-0.3, -0.25) is 0 Å². The first-order valence-corrected chi connectivity index (χ1v) is 9.61. The molecule has 2 N–H and O–H groups in total. The number of nitrogens with one attached hydrogen (secondary N) is 2. The van der Waals surface area contributed by atoms with Crippen LogP contribution in [-0.2, 0) is 6.42 Å². The van der Waals surface area contributed by atoms with E-state index >= 15 is 0 Å². The second kappa shape index (κ2) is 7.82. The number of aromatic amines is 1. The second-order valence-corrected chi connectivity index (χ2v) is 7.31. The number of aromatic nitrogens is 3. The van der Waals surface area contributed by atoms with Gasteiger partial charge in [0.15, 0.2) is 5.65 Å². The van der Waals surface area contributed by atoms with E-state index in [0.29, 0.717) is 16.7 Å². The number of fused-ring (bicyclic) bond motifs is 2. The largest absolute Gasteiger partial charge is 0.492 e. The predicted octanol–water partition coefficient (Wildman–Crippen LogP) is 4.70. The van der Waals surface area contributed by atoms with Gasteiger partial charge in [0.2, 0.25) is 0 Å². The smallest absolute Gasteiger partial charge is 0.177 e. The van der Waals surface area contributed by atoms with Crippen molar-refractivity contribution in [3.63, 3.8) is 0 Å². The Labute approximate surface area is 162 Å². The number of hydrogen-bond donors (Lipinski definition) is 2. The van der Waals surface area contributed by atoms with Crippen LogP contribution in [0.2, 0.25) is 10.0 Å². The fraction of sp³-hybridized carbons (Fsp3) is 0.368. The van der Waals surface area contributed by atoms with Crippen molar-refractivity contribution in [1.29, 1.82) is 0 Å². The van der Waals surface area contributed by atoms with Gasteiger partial charge in [-0.25, -0.2) is 9.97 Å². The molecule has 0 unspecified atom stereocenters. The minimum absolute atomic E-state index is 0.227. The van der Waals surface area contributed by atoms with Crippen molar-refractivity contribution < 1.29 is 4.74 Å². The first kappa shape index (κ1) is 17.6. The Kier molecular flexibility index (Phi) is 5.29. The maximum atomic E-state index is 6.25. The highest BCUT2D eigenvalue weighted by Gasteiger charge is 2.23. The number of rotatable bonds is 6. The molecule has 0 saturated heterocycles. The highest BCUT2D eigenvalue weighted by molar-refractivity contribution is 6.35. The van der Waals surface area contributed by atoms with Gasteiger partial charge in [0.05, 0.1) is 17.1 Å². The van der Waals surface area contributed by atoms with Crippen LogP contribution in [0.4, 0.5) is 0 Å². The molecule has 4 rings (SSSR count). The SMILES string of the molecule is Clc1cc(Cl)c2c(c1)[C@H](NCCCCc1nc3ncccc3[nH]1)CCO2. The summed E-state index contributed by atoms with van der Waals surface area (Å²) in [6.07, 6.45) is 5.71. The Morgan fingerprint density at radius 1 is 1.27 bits per heavy atom. The molecule has 0 fully saturated rings. The van der Waals surface area contributed by atoms with Gasteiger partial charge >= 0.3 is 0 Å². The average Bonchev–Trinajstić information content (AvgIpc) is 3.04. The maximum absolute atomic E-state index is 6.25. The summed E-state index contributed by atoms with van der Waals surface area (Å²) in [6, 6.07) is 7.82. The number of hydrogen-bond acceptors (Lipinski definition) is 4. The Bertz CT molecular complexity index is 879. The molecule has 0 aliphatic carbocycles. The van der Waals surface area contributed by atoms with E-state index < -0.39 is 0 Å². The molecule has 0 spiro atoms. The minimum atomic E-state index is 0.227. The fourth-order valence-electron chi connectivity index (χ4n) is 3.34. The molecule has 0 saturated carbocycles. The number of pyridine rings is 1. The third-order valence-corrected chi connectivity index (χ3v) is 5.10. The Hall–Kier alpha value is -1.82. The molecule has 0 amide bonds. The van der Waals surface area contributed by atoms with E-state index in [1.54, 1.807) is 12.3 Å². The zero-order valence-electron chi connectivity index (χ0n) is 14.3. The molecule has 136 valence electrons. The van der Waals surface area contributed by atoms with Gasteiger partial charge in [-0.05, 0) is 43.7 Å². The van der Waals surface area contributed by atoms with E-state index in [9.17, 15) is 0 Å². The number of unbranched alkanes of at least 4 members (excludes halogenated alkanes) is 1. The van der Waals surface area contributed by atoms with E-state index in [-0.39, 0.29) is 6.04 Å². The highest BCUT2D eigenvalue weighted by Crippen LogP contribution is 2.39. The average molecular weight is 391 g/mol. The molecule has 1 aliphatic heterocycles. The zero-order chi connectivity index (χ0) is 17.9. The second-order valence-electron chi connectivity index (χ2n) is 6.46. The van der Waals surface area contributed by atoms with E-state index in [2.05, 4.69) is 20.3 Å². The molecular weight excluding hydrogens is 371 g/mol. The monoisotopic (exact) mass is 390 g/mol. The first-order chi connectivity index (χ1) is 12.7. The topological polar surface area (TPSA) is 62.8 Å². The summed E-state index contributed by atoms with van der Waals surface area (Å²) in [5, 5.41) is 4.83. The normalized spacial score (nSPS) is 16.5. The van der Waals surface area contributed by atoms with Crippen LogP contribution in [0.3, 0.4) is 0 Å². The summed E-state index contributed by atoms with van der Waals surface area (Å²) in [7, 11) is 0. The fourth-order valence-corrected chi connectivity index (χ4v) is 3.91. The predicted molar refractivity (Wildman–Crippen MR) is 104 cm³/mol. The number of H-pyrrole nitrogens is 1. The molecule has 1 atom stereocenters. The van der Waals surface area contributed by atoms with E-state index in [4.69, 9.17) is 27.9 Å². The molecule has 26 heavy (non-hydrogen) atoms. The van der Waals surface area contributed by atoms with Crippen LogP contribution in [0, 0.1) is 0 Å². The lowest BCUT2D eigenvalue weighted by Gasteiger charge is -2.27. The molecule has 1 aromatic carbocycles. The minimum Gasteiger partial charge on any atom is -0.492 e. The van der Waals surface area contributed by atoms with Gasteiger partial charge in [-0.2, -0.15) is 0 Å². The van der Waals surface area contributed by atoms with Gasteiger partial charge < -0.3 is 15.0 Å². The maximum Gasteiger partial charge on any atom is 0.177 e. The van der Waals surface area contributed by atoms with Crippen molar-refractivity contribution in [3.8, 4) is 5.75 Å². The van der Waals surface area contributed by atoms with Crippen LogP contribution in [0.1, 0.15) is 36.7 Å². The van der Waals surface area contributed by atoms with Crippen molar-refractivity contribution in [2.24, 2.45) is 0 Å². The third kappa shape index (κ3) is 3.80. The lowest BCUT2D eigenvalue weighted by molar-refractivity contribution is 0.252. The van der Waals surface area contributed by atoms with Crippen molar-refractivity contribution in [2.45, 2.75) is 31.7 Å². The third-order valence-electron chi connectivity index (χ3n) is 4.60. The van der Waals surface area contributed by atoms with Gasteiger partial charge in [-0.15, -0.1) is 0 Å². The molecule has 5 nitrogen and oxygen atoms in total. The summed E-state index contributed by atoms with van der Waals surface area (Å²) >= 11 is 12.4.